The molecule has 10 aromatic rings. The van der Waals surface area contributed by atoms with Crippen molar-refractivity contribution in [3.63, 3.8) is 0 Å². The van der Waals surface area contributed by atoms with Crippen molar-refractivity contribution >= 4 is 55.3 Å². The first-order chi connectivity index (χ1) is 32.2. The van der Waals surface area contributed by atoms with Gasteiger partial charge < -0.3 is 19.0 Å². The zero-order valence-corrected chi connectivity index (χ0v) is 42.9. The van der Waals surface area contributed by atoms with E-state index in [1.54, 1.807) is 0 Å². The van der Waals surface area contributed by atoms with E-state index in [2.05, 4.69) is 235 Å². The van der Waals surface area contributed by atoms with Crippen molar-refractivity contribution in [1.82, 2.24) is 14.1 Å². The van der Waals surface area contributed by atoms with Crippen LogP contribution in [0.1, 0.15) is 96.5 Å². The summed E-state index contributed by atoms with van der Waals surface area (Å²) in [5.74, 6) is 1.30. The Bertz CT molecular complexity index is 3550. The second-order valence-corrected chi connectivity index (χ2v) is 20.0. The van der Waals surface area contributed by atoms with Crippen LogP contribution < -0.4 is 4.90 Å². The monoisotopic (exact) mass is 1070 g/mol. The van der Waals surface area contributed by atoms with E-state index in [0.717, 1.165) is 61.3 Å². The Kier molecular flexibility index (Phi) is 11.2. The smallest absolute Gasteiger partial charge is 0.357 e. The standard InChI is InChI=1S/C62H57N5.Pt/c1-38(2)46-26-30-53-52(35-46)50-22-17-31-63-60(50)65(53)48-27-28-49-51-34-39(3)23-29-54(51)66(56(49)37-48)55-36-47(25-24-41(55)5)59-64-61(8,9)62(10,67(59)58-42(6)32-40(4)33-43(58)7)57(44-18-13-11-14-19-44)45-20-15-12-16-21-45;/h11-35,38,57H,1-10H3;/q-2;+2/t62-;/m0./s1. The molecule has 5 nitrogen and oxygen atoms in total. The Morgan fingerprint density at radius 3 is 1.87 bits per heavy atom. The molecule has 1 aliphatic rings. The topological polar surface area (TPSA) is 38.4 Å². The molecular formula is C62H57N5Pt. The zero-order valence-electron chi connectivity index (χ0n) is 40.6. The first kappa shape index (κ1) is 45.2. The van der Waals surface area contributed by atoms with Gasteiger partial charge in [-0.25, -0.2) is 4.98 Å². The predicted octanol–water partition coefficient (Wildman–Crippen LogP) is 15.2. The number of benzene rings is 7. The summed E-state index contributed by atoms with van der Waals surface area (Å²) in [4.78, 5) is 13.5. The van der Waals surface area contributed by atoms with Crippen molar-refractivity contribution in [1.29, 1.82) is 0 Å². The molecule has 7 aromatic carbocycles. The number of anilines is 1. The van der Waals surface area contributed by atoms with Crippen LogP contribution in [-0.2, 0) is 21.1 Å². The molecule has 4 heterocycles. The van der Waals surface area contributed by atoms with Crippen molar-refractivity contribution in [2.45, 2.75) is 92.2 Å². The van der Waals surface area contributed by atoms with E-state index in [1.807, 2.05) is 12.3 Å². The van der Waals surface area contributed by atoms with Gasteiger partial charge in [0.2, 0.25) is 0 Å². The zero-order chi connectivity index (χ0) is 46.5. The fraction of sp³-hybridized carbons (Fsp3) is 0.226. The maximum atomic E-state index is 5.87. The van der Waals surface area contributed by atoms with Gasteiger partial charge in [-0.05, 0) is 124 Å². The Morgan fingerprint density at radius 1 is 0.544 bits per heavy atom. The molecular weight excluding hydrogens is 1010 g/mol. The SMILES string of the molecule is Cc1cc(C)c(N2C(c3[c-]c(-n4c5[c-]c(-n6c7ccc(C(C)C)cc7c7cccnc76)ccc5c5cc(C)ccc54)c(C)cc3)=NC(C)(C)[C@]2(C)C(c2ccccc2)c2ccccc2)c(C)c1.[Pt+2]. The Hall–Kier alpha value is -6.55. The van der Waals surface area contributed by atoms with Gasteiger partial charge in [0.05, 0.1) is 22.4 Å². The van der Waals surface area contributed by atoms with Crippen molar-refractivity contribution in [2.24, 2.45) is 4.99 Å². The Morgan fingerprint density at radius 2 is 1.19 bits per heavy atom. The maximum absolute atomic E-state index is 5.87. The number of nitrogens with zero attached hydrogens (tertiary/aromatic N) is 5. The van der Waals surface area contributed by atoms with E-state index in [0.29, 0.717) is 5.92 Å². The normalized spacial score (nSPS) is 15.9. The van der Waals surface area contributed by atoms with Crippen molar-refractivity contribution in [3.8, 4) is 11.4 Å². The number of hydrogen-bond donors (Lipinski definition) is 0. The van der Waals surface area contributed by atoms with Crippen LogP contribution in [0.5, 0.6) is 0 Å². The number of aromatic nitrogens is 3. The van der Waals surface area contributed by atoms with Gasteiger partial charge in [0, 0.05) is 34.1 Å². The molecule has 0 unspecified atom stereocenters. The van der Waals surface area contributed by atoms with Crippen LogP contribution in [0.25, 0.3) is 55.1 Å². The fourth-order valence-electron chi connectivity index (χ4n) is 11.4. The predicted molar refractivity (Wildman–Crippen MR) is 281 cm³/mol. The summed E-state index contributed by atoms with van der Waals surface area (Å²) in [6.45, 7) is 22.7. The number of amidine groups is 1. The molecule has 1 atom stereocenters. The van der Waals surface area contributed by atoms with Gasteiger partial charge in [-0.3, -0.25) is 0 Å². The number of aliphatic imine (C=N–C) groups is 1. The quantitative estimate of drug-likeness (QED) is 0.142. The van der Waals surface area contributed by atoms with E-state index in [1.165, 1.54) is 55.4 Å². The van der Waals surface area contributed by atoms with E-state index in [4.69, 9.17) is 9.98 Å². The Labute approximate surface area is 415 Å². The largest absolute Gasteiger partial charge is 2.00 e. The van der Waals surface area contributed by atoms with Crippen molar-refractivity contribution in [3.05, 3.63) is 214 Å². The average Bonchev–Trinajstić information content (AvgIpc) is 3.88. The average molecular weight is 1070 g/mol. The van der Waals surface area contributed by atoms with Gasteiger partial charge in [0.25, 0.3) is 0 Å². The van der Waals surface area contributed by atoms with Gasteiger partial charge in [0.1, 0.15) is 5.65 Å². The molecule has 6 heteroatoms. The maximum Gasteiger partial charge on any atom is 2.00 e. The van der Waals surface area contributed by atoms with E-state index >= 15 is 0 Å². The molecule has 68 heavy (non-hydrogen) atoms. The van der Waals surface area contributed by atoms with Crippen LogP contribution in [0.3, 0.4) is 0 Å². The van der Waals surface area contributed by atoms with Crippen LogP contribution in [0.2, 0.25) is 0 Å². The molecule has 0 aliphatic carbocycles. The second-order valence-electron chi connectivity index (χ2n) is 20.0. The van der Waals surface area contributed by atoms with Crippen molar-refractivity contribution < 1.29 is 21.1 Å². The molecule has 0 spiro atoms. The third-order valence-electron chi connectivity index (χ3n) is 14.9. The number of fused-ring (bicyclic) bond motifs is 6. The van der Waals surface area contributed by atoms with Crippen LogP contribution >= 0.6 is 0 Å². The van der Waals surface area contributed by atoms with Gasteiger partial charge in [-0.2, -0.15) is 6.07 Å². The van der Waals surface area contributed by atoms with E-state index in [-0.39, 0.29) is 27.0 Å². The Balaban J connectivity index is 0.00000539. The summed E-state index contributed by atoms with van der Waals surface area (Å²) in [5, 5.41) is 4.67. The molecule has 0 bridgehead atoms. The van der Waals surface area contributed by atoms with Crippen molar-refractivity contribution in [2.75, 3.05) is 4.90 Å². The molecule has 11 rings (SSSR count). The third-order valence-corrected chi connectivity index (χ3v) is 14.9. The first-order valence-corrected chi connectivity index (χ1v) is 23.7. The molecule has 0 saturated carbocycles. The summed E-state index contributed by atoms with van der Waals surface area (Å²) in [6.07, 6.45) is 1.89. The number of aryl methyl sites for hydroxylation is 5. The van der Waals surface area contributed by atoms with Gasteiger partial charge in [-0.15, -0.1) is 46.8 Å². The number of rotatable bonds is 8. The third kappa shape index (κ3) is 6.99. The van der Waals surface area contributed by atoms with Gasteiger partial charge in [-0.1, -0.05) is 134 Å². The number of hydrogen-bond acceptors (Lipinski definition) is 3. The summed E-state index contributed by atoms with van der Waals surface area (Å²) < 4.78 is 4.67. The molecule has 0 N–H and O–H groups in total. The van der Waals surface area contributed by atoms with Crippen LogP contribution in [0.15, 0.2) is 157 Å². The number of pyridine rings is 1. The summed E-state index contributed by atoms with van der Waals surface area (Å²) in [6, 6.07) is 61.6. The molecule has 0 fully saturated rings. The second kappa shape index (κ2) is 16.9. The molecule has 1 aliphatic heterocycles. The first-order valence-electron chi connectivity index (χ1n) is 23.7. The fourth-order valence-corrected chi connectivity index (χ4v) is 11.4. The van der Waals surface area contributed by atoms with Crippen LogP contribution in [0.4, 0.5) is 5.69 Å². The molecule has 0 amide bonds. The van der Waals surface area contributed by atoms with Crippen LogP contribution in [-0.4, -0.2) is 31.0 Å². The van der Waals surface area contributed by atoms with Gasteiger partial charge >= 0.3 is 21.1 Å². The van der Waals surface area contributed by atoms with E-state index < -0.39 is 11.1 Å². The molecule has 3 aromatic heterocycles. The molecule has 0 saturated heterocycles. The van der Waals surface area contributed by atoms with Gasteiger partial charge in [0.15, 0.2) is 0 Å². The van der Waals surface area contributed by atoms with E-state index in [9.17, 15) is 0 Å². The summed E-state index contributed by atoms with van der Waals surface area (Å²) in [7, 11) is 0. The van der Waals surface area contributed by atoms with Crippen LogP contribution in [0, 0.1) is 46.8 Å². The minimum Gasteiger partial charge on any atom is -0.357 e. The minimum atomic E-state index is -0.561. The minimum absolute atomic E-state index is 0. The molecule has 340 valence electrons. The molecule has 0 radical (unpaired) electrons. The summed E-state index contributed by atoms with van der Waals surface area (Å²) >= 11 is 0. The summed E-state index contributed by atoms with van der Waals surface area (Å²) in [5.41, 5.74) is 16.9.